The molecule has 6 atom stereocenters. The maximum atomic E-state index is 10.5. The quantitative estimate of drug-likeness (QED) is 0.567. The second-order valence-electron chi connectivity index (χ2n) is 8.60. The van der Waals surface area contributed by atoms with Gasteiger partial charge in [-0.3, -0.25) is 0 Å². The summed E-state index contributed by atoms with van der Waals surface area (Å²) in [6.07, 6.45) is 14.5. The van der Waals surface area contributed by atoms with E-state index in [0.29, 0.717) is 5.41 Å². The molecule has 0 amide bonds. The Kier molecular flexibility index (Phi) is 4.49. The second kappa shape index (κ2) is 5.96. The highest BCUT2D eigenvalue weighted by Gasteiger charge is 2.57. The van der Waals surface area contributed by atoms with Crippen molar-refractivity contribution in [3.8, 4) is 0 Å². The summed E-state index contributed by atoms with van der Waals surface area (Å²) >= 11 is 0. The van der Waals surface area contributed by atoms with E-state index in [4.69, 9.17) is 0 Å². The molecule has 3 saturated carbocycles. The molecule has 0 aromatic rings. The molecule has 0 aromatic heterocycles. The third kappa shape index (κ3) is 2.22. The largest absolute Gasteiger partial charge is 0.393 e. The first-order valence-corrected chi connectivity index (χ1v) is 9.93. The van der Waals surface area contributed by atoms with Gasteiger partial charge in [0, 0.05) is 0 Å². The molecule has 126 valence electrons. The first-order valence-electron chi connectivity index (χ1n) is 9.93. The Hall–Kier alpha value is -0.300. The molecule has 1 N–H and O–H groups in total. The van der Waals surface area contributed by atoms with Crippen LogP contribution in [-0.4, -0.2) is 11.2 Å². The van der Waals surface area contributed by atoms with Crippen molar-refractivity contribution in [3.05, 3.63) is 11.6 Å². The fourth-order valence-electron chi connectivity index (χ4n) is 6.67. The second-order valence-corrected chi connectivity index (χ2v) is 8.60. The molecule has 0 spiro atoms. The van der Waals surface area contributed by atoms with Crippen molar-refractivity contribution in [2.45, 2.75) is 91.6 Å². The van der Waals surface area contributed by atoms with E-state index in [0.717, 1.165) is 24.2 Å². The Morgan fingerprint density at radius 1 is 1.00 bits per heavy atom. The van der Waals surface area contributed by atoms with Crippen LogP contribution in [0.1, 0.15) is 85.5 Å². The van der Waals surface area contributed by atoms with Crippen LogP contribution in [-0.2, 0) is 0 Å². The van der Waals surface area contributed by atoms with Crippen molar-refractivity contribution >= 4 is 0 Å². The van der Waals surface area contributed by atoms with Crippen LogP contribution in [0.25, 0.3) is 0 Å². The standard InChI is InChI=1S/C19H30O.C2H6/c1-18-11-4-3-5-13(18)6-7-14-15-8-9-17(20)19(15,2)12-10-16(14)18;1-2/h6,14-17,20H,3-5,7-12H2,1-2H3;1-2H3. The van der Waals surface area contributed by atoms with E-state index in [9.17, 15) is 5.11 Å². The molecule has 6 unspecified atom stereocenters. The molecule has 0 aliphatic heterocycles. The fraction of sp³-hybridized carbons (Fsp3) is 0.905. The van der Waals surface area contributed by atoms with Crippen LogP contribution in [0.4, 0.5) is 0 Å². The van der Waals surface area contributed by atoms with Crippen LogP contribution in [0.15, 0.2) is 11.6 Å². The topological polar surface area (TPSA) is 20.2 Å². The molecule has 0 bridgehead atoms. The van der Waals surface area contributed by atoms with E-state index in [2.05, 4.69) is 19.9 Å². The number of rotatable bonds is 0. The Morgan fingerprint density at radius 2 is 1.77 bits per heavy atom. The lowest BCUT2D eigenvalue weighted by atomic mass is 9.48. The number of allylic oxidation sites excluding steroid dienone is 2. The van der Waals surface area contributed by atoms with Gasteiger partial charge in [-0.15, -0.1) is 0 Å². The van der Waals surface area contributed by atoms with Crippen molar-refractivity contribution in [1.29, 1.82) is 0 Å². The minimum atomic E-state index is -0.0296. The highest BCUT2D eigenvalue weighted by molar-refractivity contribution is 5.24. The summed E-state index contributed by atoms with van der Waals surface area (Å²) < 4.78 is 0. The molecule has 0 radical (unpaired) electrons. The van der Waals surface area contributed by atoms with Gasteiger partial charge in [-0.05, 0) is 80.0 Å². The van der Waals surface area contributed by atoms with Gasteiger partial charge in [-0.2, -0.15) is 0 Å². The molecule has 4 rings (SSSR count). The summed E-state index contributed by atoms with van der Waals surface area (Å²) in [4.78, 5) is 0. The van der Waals surface area contributed by atoms with Gasteiger partial charge in [-0.25, -0.2) is 0 Å². The van der Waals surface area contributed by atoms with Crippen molar-refractivity contribution in [1.82, 2.24) is 0 Å². The lowest BCUT2D eigenvalue weighted by Crippen LogP contribution is -2.50. The summed E-state index contributed by atoms with van der Waals surface area (Å²) in [5, 5.41) is 10.5. The average Bonchev–Trinajstić information content (AvgIpc) is 2.84. The minimum absolute atomic E-state index is 0.0296. The van der Waals surface area contributed by atoms with Gasteiger partial charge in [0.15, 0.2) is 0 Å². The van der Waals surface area contributed by atoms with Gasteiger partial charge >= 0.3 is 0 Å². The molecule has 0 heterocycles. The van der Waals surface area contributed by atoms with Crippen molar-refractivity contribution in [3.63, 3.8) is 0 Å². The highest BCUT2D eigenvalue weighted by atomic mass is 16.3. The van der Waals surface area contributed by atoms with Crippen molar-refractivity contribution in [2.24, 2.45) is 28.6 Å². The third-order valence-corrected chi connectivity index (χ3v) is 7.97. The molecule has 0 aromatic carbocycles. The van der Waals surface area contributed by atoms with Crippen molar-refractivity contribution in [2.75, 3.05) is 0 Å². The first kappa shape index (κ1) is 16.6. The summed E-state index contributed by atoms with van der Waals surface area (Å²) in [5.41, 5.74) is 2.54. The molecule has 0 saturated heterocycles. The fourth-order valence-corrected chi connectivity index (χ4v) is 6.67. The summed E-state index contributed by atoms with van der Waals surface area (Å²) in [7, 11) is 0. The monoisotopic (exact) mass is 304 g/mol. The number of fused-ring (bicyclic) bond motifs is 5. The van der Waals surface area contributed by atoms with Crippen LogP contribution in [0.5, 0.6) is 0 Å². The Bertz CT molecular complexity index is 439. The molecule has 4 aliphatic rings. The number of aliphatic hydroxyl groups is 1. The van der Waals surface area contributed by atoms with Gasteiger partial charge < -0.3 is 5.11 Å². The summed E-state index contributed by atoms with van der Waals surface area (Å²) in [6, 6.07) is 0. The van der Waals surface area contributed by atoms with E-state index in [1.165, 1.54) is 51.4 Å². The molecular formula is C21H36O. The molecule has 3 fully saturated rings. The average molecular weight is 305 g/mol. The van der Waals surface area contributed by atoms with E-state index in [1.807, 2.05) is 13.8 Å². The predicted octanol–water partition coefficient (Wildman–Crippen LogP) is 5.73. The first-order chi connectivity index (χ1) is 10.6. The van der Waals surface area contributed by atoms with E-state index in [1.54, 1.807) is 5.57 Å². The number of aliphatic hydroxyl groups excluding tert-OH is 1. The number of hydrogen-bond donors (Lipinski definition) is 1. The smallest absolute Gasteiger partial charge is 0.0596 e. The van der Waals surface area contributed by atoms with Crippen LogP contribution >= 0.6 is 0 Å². The molecule has 1 nitrogen and oxygen atoms in total. The lowest BCUT2D eigenvalue weighted by Gasteiger charge is -2.57. The predicted molar refractivity (Wildman–Crippen MR) is 93.7 cm³/mol. The molecular weight excluding hydrogens is 268 g/mol. The van der Waals surface area contributed by atoms with Gasteiger partial charge in [0.2, 0.25) is 0 Å². The van der Waals surface area contributed by atoms with Crippen molar-refractivity contribution < 1.29 is 5.11 Å². The third-order valence-electron chi connectivity index (χ3n) is 7.97. The lowest BCUT2D eigenvalue weighted by molar-refractivity contribution is -0.0661. The van der Waals surface area contributed by atoms with Gasteiger partial charge in [-0.1, -0.05) is 45.8 Å². The SMILES string of the molecule is CC.CC12CCCCC1=CCC1C2CCC2(C)C(O)CCC12. The zero-order valence-corrected chi connectivity index (χ0v) is 15.2. The summed E-state index contributed by atoms with van der Waals surface area (Å²) in [5.74, 6) is 2.55. The summed E-state index contributed by atoms with van der Waals surface area (Å²) in [6.45, 7) is 8.96. The zero-order valence-electron chi connectivity index (χ0n) is 15.2. The molecule has 4 aliphatic carbocycles. The van der Waals surface area contributed by atoms with Gasteiger partial charge in [0.25, 0.3) is 0 Å². The normalized spacial score (nSPS) is 50.0. The van der Waals surface area contributed by atoms with Gasteiger partial charge in [0.1, 0.15) is 0 Å². The van der Waals surface area contributed by atoms with E-state index >= 15 is 0 Å². The maximum Gasteiger partial charge on any atom is 0.0596 e. The van der Waals surface area contributed by atoms with Gasteiger partial charge in [0.05, 0.1) is 6.10 Å². The number of hydrogen-bond acceptors (Lipinski definition) is 1. The molecule has 22 heavy (non-hydrogen) atoms. The zero-order chi connectivity index (χ0) is 16.0. The van der Waals surface area contributed by atoms with Crippen LogP contribution < -0.4 is 0 Å². The van der Waals surface area contributed by atoms with Crippen LogP contribution in [0.3, 0.4) is 0 Å². The minimum Gasteiger partial charge on any atom is -0.393 e. The Labute approximate surface area is 137 Å². The van der Waals surface area contributed by atoms with E-state index in [-0.39, 0.29) is 11.5 Å². The Balaban J connectivity index is 0.000000693. The van der Waals surface area contributed by atoms with Crippen LogP contribution in [0, 0.1) is 28.6 Å². The van der Waals surface area contributed by atoms with E-state index < -0.39 is 0 Å². The molecule has 1 heteroatoms. The Morgan fingerprint density at radius 3 is 2.55 bits per heavy atom. The highest BCUT2D eigenvalue weighted by Crippen LogP contribution is 2.64. The maximum absolute atomic E-state index is 10.5. The van der Waals surface area contributed by atoms with Crippen LogP contribution in [0.2, 0.25) is 0 Å².